The van der Waals surface area contributed by atoms with Gasteiger partial charge < -0.3 is 14.9 Å². The van der Waals surface area contributed by atoms with E-state index in [1.807, 2.05) is 24.3 Å². The molecular formula is C15H17ClN2O3. The van der Waals surface area contributed by atoms with Crippen LogP contribution in [-0.4, -0.2) is 48.1 Å². The highest BCUT2D eigenvalue weighted by atomic mass is 35.5. The van der Waals surface area contributed by atoms with Crippen molar-refractivity contribution in [1.29, 1.82) is 0 Å². The number of carboxylic acid groups (broad SMARTS) is 1. The molecule has 112 valence electrons. The lowest BCUT2D eigenvalue weighted by Gasteiger charge is -2.37. The number of benzene rings is 1. The zero-order chi connectivity index (χ0) is 15.0. The minimum absolute atomic E-state index is 0.228. The maximum absolute atomic E-state index is 12.3. The lowest BCUT2D eigenvalue weighted by molar-refractivity contribution is -0.153. The predicted octanol–water partition coefficient (Wildman–Crippen LogP) is 1.85. The summed E-state index contributed by atoms with van der Waals surface area (Å²) in [5.41, 5.74) is -0.169. The third-order valence-electron chi connectivity index (χ3n) is 4.33. The molecule has 21 heavy (non-hydrogen) atoms. The lowest BCUT2D eigenvalue weighted by Crippen LogP contribution is -2.52. The number of hydrogen-bond acceptors (Lipinski definition) is 3. The number of carbonyl (C=O) groups excluding carboxylic acids is 1. The highest BCUT2D eigenvalue weighted by molar-refractivity contribution is 6.33. The first-order valence-electron chi connectivity index (χ1n) is 7.07. The van der Waals surface area contributed by atoms with E-state index in [0.29, 0.717) is 44.0 Å². The van der Waals surface area contributed by atoms with Crippen LogP contribution in [-0.2, 0) is 9.59 Å². The van der Waals surface area contributed by atoms with E-state index in [4.69, 9.17) is 11.6 Å². The molecule has 1 aliphatic carbocycles. The Kier molecular flexibility index (Phi) is 3.53. The zero-order valence-corrected chi connectivity index (χ0v) is 12.3. The first-order chi connectivity index (χ1) is 10.0. The second kappa shape index (κ2) is 5.22. The Balaban J connectivity index is 1.65. The van der Waals surface area contributed by atoms with Crippen LogP contribution >= 0.6 is 11.6 Å². The van der Waals surface area contributed by atoms with Gasteiger partial charge in [-0.2, -0.15) is 0 Å². The van der Waals surface area contributed by atoms with E-state index in [1.165, 1.54) is 0 Å². The summed E-state index contributed by atoms with van der Waals surface area (Å²) in [7, 11) is 0. The Morgan fingerprint density at radius 3 is 2.24 bits per heavy atom. The molecule has 6 heteroatoms. The number of aliphatic carboxylic acids is 1. The Labute approximate surface area is 128 Å². The topological polar surface area (TPSA) is 60.9 Å². The molecule has 0 unspecified atom stereocenters. The van der Waals surface area contributed by atoms with E-state index in [2.05, 4.69) is 4.90 Å². The van der Waals surface area contributed by atoms with E-state index in [0.717, 1.165) is 5.69 Å². The molecule has 1 aromatic rings. The van der Waals surface area contributed by atoms with E-state index in [9.17, 15) is 14.7 Å². The average Bonchev–Trinajstić information content (AvgIpc) is 3.29. The maximum atomic E-state index is 12.3. The van der Waals surface area contributed by atoms with Gasteiger partial charge in [-0.1, -0.05) is 23.7 Å². The Morgan fingerprint density at radius 1 is 1.10 bits per heavy atom. The van der Waals surface area contributed by atoms with E-state index < -0.39 is 11.4 Å². The molecule has 2 fully saturated rings. The number of halogens is 1. The van der Waals surface area contributed by atoms with Crippen molar-refractivity contribution >= 4 is 29.2 Å². The number of amides is 1. The van der Waals surface area contributed by atoms with Crippen LogP contribution in [0.1, 0.15) is 12.8 Å². The van der Waals surface area contributed by atoms with Crippen molar-refractivity contribution < 1.29 is 14.7 Å². The number of anilines is 1. The van der Waals surface area contributed by atoms with Crippen molar-refractivity contribution in [1.82, 2.24) is 4.90 Å². The summed E-state index contributed by atoms with van der Waals surface area (Å²) in [5, 5.41) is 9.89. The second-order valence-electron chi connectivity index (χ2n) is 5.62. The second-order valence-corrected chi connectivity index (χ2v) is 6.03. The van der Waals surface area contributed by atoms with Gasteiger partial charge in [-0.05, 0) is 25.0 Å². The van der Waals surface area contributed by atoms with Gasteiger partial charge in [0.2, 0.25) is 5.91 Å². The molecule has 2 aliphatic rings. The van der Waals surface area contributed by atoms with Crippen LogP contribution in [0.4, 0.5) is 5.69 Å². The fourth-order valence-corrected chi connectivity index (χ4v) is 3.06. The number of carboxylic acids is 1. The normalized spacial score (nSPS) is 20.2. The smallest absolute Gasteiger partial charge is 0.319 e. The molecule has 1 aliphatic heterocycles. The minimum Gasteiger partial charge on any atom is -0.480 e. The van der Waals surface area contributed by atoms with Crippen LogP contribution in [0.2, 0.25) is 5.02 Å². The zero-order valence-electron chi connectivity index (χ0n) is 11.6. The highest BCUT2D eigenvalue weighted by Crippen LogP contribution is 2.47. The molecule has 3 rings (SSSR count). The lowest BCUT2D eigenvalue weighted by atomic mass is 10.1. The fourth-order valence-electron chi connectivity index (χ4n) is 2.81. The van der Waals surface area contributed by atoms with Gasteiger partial charge in [-0.3, -0.25) is 9.59 Å². The first-order valence-corrected chi connectivity index (χ1v) is 7.45. The van der Waals surface area contributed by atoms with Crippen LogP contribution in [0.5, 0.6) is 0 Å². The third-order valence-corrected chi connectivity index (χ3v) is 4.65. The molecule has 0 aromatic heterocycles. The van der Waals surface area contributed by atoms with Gasteiger partial charge in [-0.15, -0.1) is 0 Å². The molecule has 0 bridgehead atoms. The van der Waals surface area contributed by atoms with Crippen LogP contribution in [0, 0.1) is 5.41 Å². The van der Waals surface area contributed by atoms with Crippen molar-refractivity contribution in [3.63, 3.8) is 0 Å². The molecule has 0 spiro atoms. The predicted molar refractivity (Wildman–Crippen MR) is 79.5 cm³/mol. The van der Waals surface area contributed by atoms with E-state index in [1.54, 1.807) is 4.90 Å². The maximum Gasteiger partial charge on any atom is 0.319 e. The monoisotopic (exact) mass is 308 g/mol. The summed E-state index contributed by atoms with van der Waals surface area (Å²) in [4.78, 5) is 27.4. The molecule has 1 N–H and O–H groups in total. The Bertz CT molecular complexity index is 578. The average molecular weight is 309 g/mol. The molecule has 1 aromatic carbocycles. The summed E-state index contributed by atoms with van der Waals surface area (Å²) < 4.78 is 0. The van der Waals surface area contributed by atoms with Crippen LogP contribution < -0.4 is 4.90 Å². The number of piperazine rings is 1. The SMILES string of the molecule is O=C(O)C1(C(=O)N2CCN(c3ccccc3Cl)CC2)CC1. The number of rotatable bonds is 3. The van der Waals surface area contributed by atoms with E-state index in [-0.39, 0.29) is 5.91 Å². The molecule has 0 radical (unpaired) electrons. The quantitative estimate of drug-likeness (QED) is 0.866. The van der Waals surface area contributed by atoms with Crippen molar-refractivity contribution in [2.45, 2.75) is 12.8 Å². The molecule has 5 nitrogen and oxygen atoms in total. The number of para-hydroxylation sites is 1. The Hall–Kier alpha value is -1.75. The number of hydrogen-bond donors (Lipinski definition) is 1. The summed E-state index contributed by atoms with van der Waals surface area (Å²) in [6.07, 6.45) is 0.928. The van der Waals surface area contributed by atoms with Crippen LogP contribution in [0.15, 0.2) is 24.3 Å². The first kappa shape index (κ1) is 14.2. The molecule has 0 atom stereocenters. The summed E-state index contributed by atoms with van der Waals surface area (Å²) in [6, 6.07) is 7.62. The van der Waals surface area contributed by atoms with Gasteiger partial charge in [0.25, 0.3) is 0 Å². The molecule has 1 saturated heterocycles. The van der Waals surface area contributed by atoms with Crippen molar-refractivity contribution in [2.24, 2.45) is 5.41 Å². The van der Waals surface area contributed by atoms with Gasteiger partial charge in [0.1, 0.15) is 5.41 Å². The molecular weight excluding hydrogens is 292 g/mol. The third kappa shape index (κ3) is 2.46. The molecule has 1 heterocycles. The van der Waals surface area contributed by atoms with Crippen molar-refractivity contribution in [2.75, 3.05) is 31.1 Å². The standard InChI is InChI=1S/C15H17ClN2O3/c16-11-3-1-2-4-12(11)17-7-9-18(10-8-17)13(19)15(5-6-15)14(20)21/h1-4H,5-10H2,(H,20,21). The summed E-state index contributed by atoms with van der Waals surface area (Å²) in [6.45, 7) is 2.43. The van der Waals surface area contributed by atoms with E-state index >= 15 is 0 Å². The van der Waals surface area contributed by atoms with Crippen LogP contribution in [0.3, 0.4) is 0 Å². The number of carbonyl (C=O) groups is 2. The van der Waals surface area contributed by atoms with Crippen molar-refractivity contribution in [3.8, 4) is 0 Å². The molecule has 1 saturated carbocycles. The van der Waals surface area contributed by atoms with Gasteiger partial charge in [0, 0.05) is 26.2 Å². The van der Waals surface area contributed by atoms with Gasteiger partial charge in [0.15, 0.2) is 0 Å². The minimum atomic E-state index is -1.13. The van der Waals surface area contributed by atoms with Gasteiger partial charge >= 0.3 is 5.97 Å². The summed E-state index contributed by atoms with van der Waals surface area (Å²) >= 11 is 6.18. The fraction of sp³-hybridized carbons (Fsp3) is 0.467. The molecule has 1 amide bonds. The van der Waals surface area contributed by atoms with Crippen LogP contribution in [0.25, 0.3) is 0 Å². The van der Waals surface area contributed by atoms with Gasteiger partial charge in [0.05, 0.1) is 10.7 Å². The van der Waals surface area contributed by atoms with Crippen molar-refractivity contribution in [3.05, 3.63) is 29.3 Å². The highest BCUT2D eigenvalue weighted by Gasteiger charge is 2.58. The largest absolute Gasteiger partial charge is 0.480 e. The van der Waals surface area contributed by atoms with Gasteiger partial charge in [-0.25, -0.2) is 0 Å². The number of nitrogens with zero attached hydrogens (tertiary/aromatic N) is 2. The summed E-state index contributed by atoms with van der Waals surface area (Å²) in [5.74, 6) is -1.21. The Morgan fingerprint density at radius 2 is 1.71 bits per heavy atom.